The first-order chi connectivity index (χ1) is 16.4. The van der Waals surface area contributed by atoms with E-state index in [-0.39, 0.29) is 41.5 Å². The molecule has 34 heavy (non-hydrogen) atoms. The molecule has 1 N–H and O–H groups in total. The summed E-state index contributed by atoms with van der Waals surface area (Å²) >= 11 is 0. The zero-order chi connectivity index (χ0) is 23.9. The number of benzene rings is 1. The fourth-order valence-electron chi connectivity index (χ4n) is 7.21. The smallest absolute Gasteiger partial charge is 0.310 e. The molecule has 4 aliphatic rings. The topological polar surface area (TPSA) is 80.8 Å². The molecule has 7 nitrogen and oxygen atoms in total. The van der Waals surface area contributed by atoms with Crippen LogP contribution in [0.15, 0.2) is 18.2 Å². The number of carbonyl (C=O) groups is 1. The maximum absolute atomic E-state index is 13.1. The van der Waals surface area contributed by atoms with Gasteiger partial charge < -0.3 is 24.1 Å². The fraction of sp³-hybridized carbons (Fsp3) is 0.741. The van der Waals surface area contributed by atoms with Gasteiger partial charge in [-0.25, -0.2) is 0 Å². The molecule has 188 valence electrons. The molecule has 0 unspecified atom stereocenters. The number of hydrogen-bond acceptors (Lipinski definition) is 7. The number of esters is 1. The van der Waals surface area contributed by atoms with E-state index in [0.29, 0.717) is 36.9 Å². The van der Waals surface area contributed by atoms with Gasteiger partial charge in [-0.15, -0.1) is 0 Å². The average molecular weight is 474 g/mol. The molecule has 2 saturated heterocycles. The van der Waals surface area contributed by atoms with Crippen LogP contribution in [0.4, 0.5) is 0 Å². The van der Waals surface area contributed by atoms with Crippen LogP contribution in [0.1, 0.15) is 51.0 Å². The highest BCUT2D eigenvalue weighted by Gasteiger charge is 2.65. The van der Waals surface area contributed by atoms with Crippen molar-refractivity contribution in [1.29, 1.82) is 0 Å². The lowest BCUT2D eigenvalue weighted by atomic mass is 9.53. The summed E-state index contributed by atoms with van der Waals surface area (Å²) in [6.45, 7) is 5.44. The molecule has 0 bridgehead atoms. The summed E-state index contributed by atoms with van der Waals surface area (Å²) in [6.07, 6.45) is 6.24. The van der Waals surface area contributed by atoms with Gasteiger partial charge in [0.25, 0.3) is 0 Å². The molecule has 1 spiro atoms. The molecule has 0 radical (unpaired) electrons. The van der Waals surface area contributed by atoms with Gasteiger partial charge in [-0.2, -0.15) is 0 Å². The van der Waals surface area contributed by atoms with E-state index in [2.05, 4.69) is 11.8 Å². The number of ether oxygens (including phenoxy) is 4. The first-order valence-electron chi connectivity index (χ1n) is 12.8. The number of aliphatic hydroxyl groups is 1. The average Bonchev–Trinajstić information content (AvgIpc) is 3.53. The highest BCUT2D eigenvalue weighted by molar-refractivity contribution is 5.75. The van der Waals surface area contributed by atoms with E-state index in [0.717, 1.165) is 38.0 Å². The van der Waals surface area contributed by atoms with Crippen LogP contribution in [0.3, 0.4) is 0 Å². The number of fused-ring (bicyclic) bond motifs is 3. The van der Waals surface area contributed by atoms with Gasteiger partial charge >= 0.3 is 5.97 Å². The van der Waals surface area contributed by atoms with Gasteiger partial charge in [-0.1, -0.05) is 13.0 Å². The van der Waals surface area contributed by atoms with Crippen molar-refractivity contribution in [2.45, 2.75) is 63.7 Å². The minimum atomic E-state index is -0.133. The Labute approximate surface area is 202 Å². The standard InChI is InChI=1S/C27H39NO6/c1-26-8-4-9-27(17-33-27)24(26)13-19-20(25(30)34-23(19)14-26)16-28(10-5-11-29)15-18-6-7-21(31-2)22(12-18)32-3/h6-7,12,19-20,23-24,29H,4-5,8-11,13-17H2,1-3H3/t19-,20+,23+,24+,26+,27+/m0/s1. The van der Waals surface area contributed by atoms with Crippen molar-refractivity contribution >= 4 is 5.97 Å². The molecule has 4 fully saturated rings. The molecule has 1 aromatic rings. The molecule has 2 aliphatic carbocycles. The van der Waals surface area contributed by atoms with Crippen molar-refractivity contribution in [2.24, 2.45) is 23.2 Å². The lowest BCUT2D eigenvalue weighted by molar-refractivity contribution is -0.147. The molecular formula is C27H39NO6. The maximum atomic E-state index is 13.1. The third-order valence-corrected chi connectivity index (χ3v) is 9.02. The fourth-order valence-corrected chi connectivity index (χ4v) is 7.21. The minimum absolute atomic E-state index is 0.0217. The number of carbonyl (C=O) groups excluding carboxylic acids is 1. The summed E-state index contributed by atoms with van der Waals surface area (Å²) in [4.78, 5) is 15.4. The van der Waals surface area contributed by atoms with Crippen molar-refractivity contribution in [3.05, 3.63) is 23.8 Å². The Morgan fingerprint density at radius 2 is 2.00 bits per heavy atom. The van der Waals surface area contributed by atoms with Gasteiger partial charge in [0.15, 0.2) is 11.5 Å². The van der Waals surface area contributed by atoms with Crippen LogP contribution < -0.4 is 9.47 Å². The summed E-state index contributed by atoms with van der Waals surface area (Å²) in [5.74, 6) is 1.97. The summed E-state index contributed by atoms with van der Waals surface area (Å²) in [5, 5.41) is 9.49. The SMILES string of the molecule is COc1ccc(CN(CCCO)C[C@H]2C(=O)O[C@@H]3C[C@@]4(C)CCC[C@@]5(CO5)[C@@H]4C[C@H]32)cc1OC. The lowest BCUT2D eigenvalue weighted by Gasteiger charge is -2.51. The number of methoxy groups -OCH3 is 2. The van der Waals surface area contributed by atoms with E-state index in [4.69, 9.17) is 18.9 Å². The summed E-state index contributed by atoms with van der Waals surface area (Å²) in [6, 6.07) is 5.94. The van der Waals surface area contributed by atoms with Gasteiger partial charge in [-0.3, -0.25) is 9.69 Å². The Kier molecular flexibility index (Phi) is 6.55. The molecule has 2 aliphatic heterocycles. The molecule has 7 heteroatoms. The monoisotopic (exact) mass is 473 g/mol. The molecule has 2 heterocycles. The number of nitrogens with zero attached hydrogens (tertiary/aromatic N) is 1. The first-order valence-corrected chi connectivity index (χ1v) is 12.8. The second kappa shape index (κ2) is 9.32. The zero-order valence-corrected chi connectivity index (χ0v) is 20.8. The second-order valence-corrected chi connectivity index (χ2v) is 11.1. The number of rotatable bonds is 9. The van der Waals surface area contributed by atoms with E-state index in [1.165, 1.54) is 12.8 Å². The minimum Gasteiger partial charge on any atom is -0.493 e. The number of aliphatic hydroxyl groups excluding tert-OH is 1. The van der Waals surface area contributed by atoms with Crippen LogP contribution in [0.2, 0.25) is 0 Å². The van der Waals surface area contributed by atoms with Crippen molar-refractivity contribution in [3.8, 4) is 11.5 Å². The van der Waals surface area contributed by atoms with Gasteiger partial charge in [-0.05, 0) is 67.6 Å². The highest BCUT2D eigenvalue weighted by atomic mass is 16.6. The molecule has 1 aromatic carbocycles. The van der Waals surface area contributed by atoms with Crippen molar-refractivity contribution < 1.29 is 28.8 Å². The third kappa shape index (κ3) is 4.31. The summed E-state index contributed by atoms with van der Waals surface area (Å²) in [7, 11) is 3.27. The van der Waals surface area contributed by atoms with Gasteiger partial charge in [0.1, 0.15) is 6.10 Å². The van der Waals surface area contributed by atoms with Crippen LogP contribution >= 0.6 is 0 Å². The first kappa shape index (κ1) is 23.9. The predicted molar refractivity (Wildman–Crippen MR) is 127 cm³/mol. The van der Waals surface area contributed by atoms with E-state index in [1.807, 2.05) is 18.2 Å². The van der Waals surface area contributed by atoms with Gasteiger partial charge in [0.2, 0.25) is 0 Å². The molecular weight excluding hydrogens is 434 g/mol. The third-order valence-electron chi connectivity index (χ3n) is 9.02. The molecule has 2 saturated carbocycles. The second-order valence-electron chi connectivity index (χ2n) is 11.1. The lowest BCUT2D eigenvalue weighted by Crippen LogP contribution is -2.51. The van der Waals surface area contributed by atoms with Crippen molar-refractivity contribution in [2.75, 3.05) is 40.5 Å². The Bertz CT molecular complexity index is 901. The summed E-state index contributed by atoms with van der Waals surface area (Å²) < 4.78 is 22.9. The van der Waals surface area contributed by atoms with E-state index in [9.17, 15) is 9.90 Å². The molecule has 0 amide bonds. The quantitative estimate of drug-likeness (QED) is 0.435. The number of epoxide rings is 1. The molecule has 0 aromatic heterocycles. The summed E-state index contributed by atoms with van der Waals surface area (Å²) in [5.41, 5.74) is 1.36. The van der Waals surface area contributed by atoms with Gasteiger partial charge in [0.05, 0.1) is 32.3 Å². The Morgan fingerprint density at radius 3 is 2.71 bits per heavy atom. The van der Waals surface area contributed by atoms with Crippen LogP contribution in [-0.2, 0) is 20.8 Å². The molecule has 5 rings (SSSR count). The Hall–Kier alpha value is -1.83. The highest BCUT2D eigenvalue weighted by Crippen LogP contribution is 2.62. The Morgan fingerprint density at radius 1 is 1.21 bits per heavy atom. The van der Waals surface area contributed by atoms with E-state index < -0.39 is 0 Å². The normalized spacial score (nSPS) is 36.2. The van der Waals surface area contributed by atoms with Gasteiger partial charge in [0, 0.05) is 32.2 Å². The molecule has 6 atom stereocenters. The van der Waals surface area contributed by atoms with Crippen LogP contribution in [-0.4, -0.2) is 68.2 Å². The van der Waals surface area contributed by atoms with Crippen LogP contribution in [0.5, 0.6) is 11.5 Å². The van der Waals surface area contributed by atoms with E-state index in [1.54, 1.807) is 14.2 Å². The zero-order valence-electron chi connectivity index (χ0n) is 20.8. The van der Waals surface area contributed by atoms with Crippen LogP contribution in [0, 0.1) is 23.2 Å². The van der Waals surface area contributed by atoms with Crippen LogP contribution in [0.25, 0.3) is 0 Å². The van der Waals surface area contributed by atoms with E-state index >= 15 is 0 Å². The number of hydrogen-bond donors (Lipinski definition) is 1. The predicted octanol–water partition coefficient (Wildman–Crippen LogP) is 3.42. The maximum Gasteiger partial charge on any atom is 0.310 e. The Balaban J connectivity index is 1.33. The largest absolute Gasteiger partial charge is 0.493 e. The van der Waals surface area contributed by atoms with Crippen molar-refractivity contribution in [3.63, 3.8) is 0 Å². The van der Waals surface area contributed by atoms with Crippen molar-refractivity contribution in [1.82, 2.24) is 4.90 Å².